The normalized spacial score (nSPS) is 11.7. The van der Waals surface area contributed by atoms with Crippen molar-refractivity contribution in [3.8, 4) is 0 Å². The summed E-state index contributed by atoms with van der Waals surface area (Å²) in [7, 11) is -1.43. The maximum absolute atomic E-state index is 11.3. The SMILES string of the molecule is CCS(=O)(=O)NCCCNC(=NC)NCc1ccccc1Cl.I. The Kier molecular flexibility index (Phi) is 11.6. The summed E-state index contributed by atoms with van der Waals surface area (Å²) in [5, 5.41) is 6.99. The Labute approximate surface area is 160 Å². The zero-order chi connectivity index (χ0) is 16.4. The lowest BCUT2D eigenvalue weighted by Crippen LogP contribution is -2.38. The number of rotatable bonds is 8. The lowest BCUT2D eigenvalue weighted by Gasteiger charge is -2.12. The zero-order valence-corrected chi connectivity index (χ0v) is 17.2. The van der Waals surface area contributed by atoms with Gasteiger partial charge in [-0.2, -0.15) is 0 Å². The Morgan fingerprint density at radius 3 is 2.52 bits per heavy atom. The summed E-state index contributed by atoms with van der Waals surface area (Å²) in [5.41, 5.74) is 0.989. The molecule has 0 unspecified atom stereocenters. The quantitative estimate of drug-likeness (QED) is 0.233. The topological polar surface area (TPSA) is 82.6 Å². The lowest BCUT2D eigenvalue weighted by molar-refractivity contribution is 0.579. The van der Waals surface area contributed by atoms with Crippen LogP contribution < -0.4 is 15.4 Å². The van der Waals surface area contributed by atoms with E-state index in [0.29, 0.717) is 37.0 Å². The van der Waals surface area contributed by atoms with Crippen LogP contribution in [0.1, 0.15) is 18.9 Å². The van der Waals surface area contributed by atoms with Crippen molar-refractivity contribution < 1.29 is 8.42 Å². The van der Waals surface area contributed by atoms with E-state index < -0.39 is 10.0 Å². The Hall–Kier alpha value is -0.580. The maximum Gasteiger partial charge on any atom is 0.211 e. The predicted molar refractivity (Wildman–Crippen MR) is 107 cm³/mol. The smallest absolute Gasteiger partial charge is 0.211 e. The van der Waals surface area contributed by atoms with Crippen molar-refractivity contribution in [1.82, 2.24) is 15.4 Å². The van der Waals surface area contributed by atoms with E-state index in [4.69, 9.17) is 11.6 Å². The molecule has 1 aromatic carbocycles. The van der Waals surface area contributed by atoms with Crippen molar-refractivity contribution in [2.75, 3.05) is 25.9 Å². The first kappa shape index (κ1) is 22.4. The minimum atomic E-state index is -3.12. The highest BCUT2D eigenvalue weighted by Crippen LogP contribution is 2.14. The number of sulfonamides is 1. The number of aliphatic imine (C=N–C) groups is 1. The van der Waals surface area contributed by atoms with E-state index in [-0.39, 0.29) is 29.7 Å². The molecule has 0 aliphatic carbocycles. The van der Waals surface area contributed by atoms with Gasteiger partial charge in [-0.15, -0.1) is 24.0 Å². The van der Waals surface area contributed by atoms with E-state index >= 15 is 0 Å². The summed E-state index contributed by atoms with van der Waals surface area (Å²) >= 11 is 6.09. The highest BCUT2D eigenvalue weighted by atomic mass is 127. The molecule has 0 heterocycles. The molecule has 0 atom stereocenters. The molecule has 132 valence electrons. The second-order valence-electron chi connectivity index (χ2n) is 4.60. The molecule has 9 heteroatoms. The van der Waals surface area contributed by atoms with Crippen LogP contribution >= 0.6 is 35.6 Å². The van der Waals surface area contributed by atoms with Gasteiger partial charge in [0.2, 0.25) is 10.0 Å². The molecule has 0 aliphatic rings. The van der Waals surface area contributed by atoms with Crippen LogP contribution in [-0.2, 0) is 16.6 Å². The van der Waals surface area contributed by atoms with E-state index in [1.165, 1.54) is 0 Å². The molecule has 0 aliphatic heterocycles. The third-order valence-electron chi connectivity index (χ3n) is 2.98. The molecular formula is C14H24ClIN4O2S. The molecule has 0 aromatic heterocycles. The molecule has 0 amide bonds. The molecule has 0 fully saturated rings. The van der Waals surface area contributed by atoms with Crippen molar-refractivity contribution in [3.63, 3.8) is 0 Å². The van der Waals surface area contributed by atoms with Crippen LogP contribution in [0, 0.1) is 0 Å². The van der Waals surface area contributed by atoms with E-state index in [9.17, 15) is 8.42 Å². The molecule has 1 aromatic rings. The van der Waals surface area contributed by atoms with E-state index in [0.717, 1.165) is 5.56 Å². The van der Waals surface area contributed by atoms with E-state index in [2.05, 4.69) is 20.3 Å². The number of hydrogen-bond donors (Lipinski definition) is 3. The summed E-state index contributed by atoms with van der Waals surface area (Å²) in [6.45, 7) is 3.21. The summed E-state index contributed by atoms with van der Waals surface area (Å²) in [6, 6.07) is 7.60. The molecule has 1 rings (SSSR count). The second-order valence-corrected chi connectivity index (χ2v) is 7.10. The Bertz CT molecular complexity index is 596. The summed E-state index contributed by atoms with van der Waals surface area (Å²) in [5.74, 6) is 0.750. The average Bonchev–Trinajstić information content (AvgIpc) is 2.51. The van der Waals surface area contributed by atoms with Gasteiger partial charge in [-0.3, -0.25) is 4.99 Å². The maximum atomic E-state index is 11.3. The van der Waals surface area contributed by atoms with E-state index in [1.807, 2.05) is 24.3 Å². The Morgan fingerprint density at radius 1 is 1.22 bits per heavy atom. The summed E-state index contributed by atoms with van der Waals surface area (Å²) < 4.78 is 25.0. The van der Waals surface area contributed by atoms with Crippen LogP contribution in [0.25, 0.3) is 0 Å². The van der Waals surface area contributed by atoms with Gasteiger partial charge in [-0.25, -0.2) is 13.1 Å². The van der Waals surface area contributed by atoms with Crippen LogP contribution in [-0.4, -0.2) is 40.3 Å². The molecule has 0 radical (unpaired) electrons. The monoisotopic (exact) mass is 474 g/mol. The predicted octanol–water partition coefficient (Wildman–Crippen LogP) is 1.95. The fourth-order valence-corrected chi connectivity index (χ4v) is 2.53. The van der Waals surface area contributed by atoms with Crippen LogP contribution in [0.4, 0.5) is 0 Å². The Morgan fingerprint density at radius 2 is 1.91 bits per heavy atom. The largest absolute Gasteiger partial charge is 0.356 e. The number of nitrogens with zero attached hydrogens (tertiary/aromatic N) is 1. The molecule has 23 heavy (non-hydrogen) atoms. The first-order valence-electron chi connectivity index (χ1n) is 7.13. The van der Waals surface area contributed by atoms with Crippen molar-refractivity contribution in [3.05, 3.63) is 34.9 Å². The summed E-state index contributed by atoms with van der Waals surface area (Å²) in [6.07, 6.45) is 0.673. The molecule has 3 N–H and O–H groups in total. The molecule has 0 bridgehead atoms. The number of benzene rings is 1. The van der Waals surface area contributed by atoms with Crippen molar-refractivity contribution in [1.29, 1.82) is 0 Å². The average molecular weight is 475 g/mol. The lowest BCUT2D eigenvalue weighted by atomic mass is 10.2. The number of halogens is 2. The minimum Gasteiger partial charge on any atom is -0.356 e. The van der Waals surface area contributed by atoms with Crippen LogP contribution in [0.15, 0.2) is 29.3 Å². The van der Waals surface area contributed by atoms with Gasteiger partial charge < -0.3 is 10.6 Å². The van der Waals surface area contributed by atoms with Crippen molar-refractivity contribution in [2.24, 2.45) is 4.99 Å². The molecule has 0 spiro atoms. The van der Waals surface area contributed by atoms with E-state index in [1.54, 1.807) is 14.0 Å². The first-order valence-corrected chi connectivity index (χ1v) is 9.16. The zero-order valence-electron chi connectivity index (χ0n) is 13.3. The van der Waals surface area contributed by atoms with Gasteiger partial charge in [0.25, 0.3) is 0 Å². The molecule has 0 saturated heterocycles. The van der Waals surface area contributed by atoms with Crippen molar-refractivity contribution >= 4 is 51.6 Å². The highest BCUT2D eigenvalue weighted by molar-refractivity contribution is 14.0. The molecular weight excluding hydrogens is 451 g/mol. The van der Waals surface area contributed by atoms with Gasteiger partial charge in [0.05, 0.1) is 5.75 Å². The number of nitrogens with one attached hydrogen (secondary N) is 3. The number of guanidine groups is 1. The highest BCUT2D eigenvalue weighted by Gasteiger charge is 2.05. The molecule has 0 saturated carbocycles. The molecule has 6 nitrogen and oxygen atoms in total. The minimum absolute atomic E-state index is 0. The Balaban J connectivity index is 0.00000484. The second kappa shape index (κ2) is 11.9. The van der Waals surface area contributed by atoms with Gasteiger partial charge >= 0.3 is 0 Å². The van der Waals surface area contributed by atoms with Gasteiger partial charge in [0.15, 0.2) is 5.96 Å². The van der Waals surface area contributed by atoms with Crippen molar-refractivity contribution in [2.45, 2.75) is 19.9 Å². The first-order chi connectivity index (χ1) is 10.5. The van der Waals surface area contributed by atoms with Gasteiger partial charge in [-0.1, -0.05) is 29.8 Å². The van der Waals surface area contributed by atoms with Crippen LogP contribution in [0.5, 0.6) is 0 Å². The fourth-order valence-electron chi connectivity index (χ4n) is 1.67. The number of hydrogen-bond acceptors (Lipinski definition) is 3. The fraction of sp³-hybridized carbons (Fsp3) is 0.500. The third kappa shape index (κ3) is 9.33. The van der Waals surface area contributed by atoms with Crippen LogP contribution in [0.2, 0.25) is 5.02 Å². The standard InChI is InChI=1S/C14H23ClN4O2S.HI/c1-3-22(20,21)19-10-6-9-17-14(16-2)18-11-12-7-4-5-8-13(12)15;/h4-5,7-8,19H,3,6,9-11H2,1-2H3,(H2,16,17,18);1H. The van der Waals surface area contributed by atoms with Crippen LogP contribution in [0.3, 0.4) is 0 Å². The third-order valence-corrected chi connectivity index (χ3v) is 4.75. The van der Waals surface area contributed by atoms with Gasteiger partial charge in [-0.05, 0) is 25.0 Å². The van der Waals surface area contributed by atoms with Gasteiger partial charge in [0, 0.05) is 31.7 Å². The summed E-state index contributed by atoms with van der Waals surface area (Å²) in [4.78, 5) is 4.11. The van der Waals surface area contributed by atoms with Gasteiger partial charge in [0.1, 0.15) is 0 Å².